The highest BCUT2D eigenvalue weighted by Crippen LogP contribution is 2.40. The van der Waals surface area contributed by atoms with Crippen LogP contribution in [0.25, 0.3) is 11.4 Å². The molecule has 24 heavy (non-hydrogen) atoms. The number of pyridine rings is 2. The summed E-state index contributed by atoms with van der Waals surface area (Å²) in [5.41, 5.74) is 1.84. The summed E-state index contributed by atoms with van der Waals surface area (Å²) in [4.78, 5) is 23.4. The number of ether oxygens (including phenoxy) is 1. The van der Waals surface area contributed by atoms with Crippen molar-refractivity contribution in [2.75, 3.05) is 5.32 Å². The Morgan fingerprint density at radius 3 is 2.88 bits per heavy atom. The maximum Gasteiger partial charge on any atom is 0.410 e. The van der Waals surface area contributed by atoms with E-state index < -0.39 is 6.09 Å². The number of aromatic nitrogens is 3. The van der Waals surface area contributed by atoms with Gasteiger partial charge in [-0.1, -0.05) is 29.0 Å². The predicted molar refractivity (Wildman–Crippen MR) is 91.1 cm³/mol. The minimum atomic E-state index is -1.20. The van der Waals surface area contributed by atoms with Crippen LogP contribution in [0.5, 0.6) is 10.8 Å². The molecular weight excluding hydrogens is 352 g/mol. The number of thiazole rings is 1. The van der Waals surface area contributed by atoms with Gasteiger partial charge in [0.25, 0.3) is 0 Å². The molecule has 0 saturated heterocycles. The smallest absolute Gasteiger partial charge is 0.410 e. The SMILES string of the molecule is Cc1cccc(-c2nc(NC(=O)O)sc2Oc2ccnc(Cl)c2)n1. The fourth-order valence-corrected chi connectivity index (χ4v) is 2.91. The van der Waals surface area contributed by atoms with Gasteiger partial charge in [-0.05, 0) is 25.1 Å². The third kappa shape index (κ3) is 3.79. The van der Waals surface area contributed by atoms with Gasteiger partial charge >= 0.3 is 6.09 Å². The highest BCUT2D eigenvalue weighted by molar-refractivity contribution is 7.18. The number of carbonyl (C=O) groups is 1. The first-order valence-corrected chi connectivity index (χ1v) is 7.95. The molecule has 1 amide bonds. The molecule has 0 aliphatic carbocycles. The summed E-state index contributed by atoms with van der Waals surface area (Å²) in [5, 5.41) is 12.0. The molecule has 0 aliphatic rings. The maximum absolute atomic E-state index is 10.9. The number of nitrogens with zero attached hydrogens (tertiary/aromatic N) is 3. The molecule has 0 fully saturated rings. The monoisotopic (exact) mass is 362 g/mol. The number of hydrogen-bond donors (Lipinski definition) is 2. The van der Waals surface area contributed by atoms with Crippen LogP contribution in [-0.2, 0) is 0 Å². The normalized spacial score (nSPS) is 10.4. The van der Waals surface area contributed by atoms with E-state index in [1.165, 1.54) is 6.20 Å². The van der Waals surface area contributed by atoms with Gasteiger partial charge in [-0.15, -0.1) is 0 Å². The van der Waals surface area contributed by atoms with E-state index in [1.807, 2.05) is 19.1 Å². The van der Waals surface area contributed by atoms with Crippen LogP contribution >= 0.6 is 22.9 Å². The van der Waals surface area contributed by atoms with Crippen molar-refractivity contribution in [2.45, 2.75) is 6.92 Å². The van der Waals surface area contributed by atoms with Crippen molar-refractivity contribution in [3.05, 3.63) is 47.4 Å². The third-order valence-electron chi connectivity index (χ3n) is 2.85. The summed E-state index contributed by atoms with van der Waals surface area (Å²) in [5.74, 6) is 0.467. The van der Waals surface area contributed by atoms with Gasteiger partial charge < -0.3 is 9.84 Å². The molecule has 3 heterocycles. The Hall–Kier alpha value is -2.71. The first-order chi connectivity index (χ1) is 11.5. The standard InChI is InChI=1S/C15H11ClN4O3S/c1-8-3-2-4-10(18-8)12-13(24-14(19-12)20-15(21)22)23-9-5-6-17-11(16)7-9/h2-7H,1H3,(H,19,20)(H,21,22). The minimum Gasteiger partial charge on any atom is -0.465 e. The van der Waals surface area contributed by atoms with E-state index in [1.54, 1.807) is 18.2 Å². The molecule has 3 rings (SSSR count). The van der Waals surface area contributed by atoms with Gasteiger partial charge in [0.05, 0.1) is 5.69 Å². The second-order valence-corrected chi connectivity index (χ2v) is 6.01. The third-order valence-corrected chi connectivity index (χ3v) is 3.90. The summed E-state index contributed by atoms with van der Waals surface area (Å²) in [6, 6.07) is 8.67. The predicted octanol–water partition coefficient (Wildman–Crippen LogP) is 4.44. The molecule has 3 aromatic heterocycles. The Morgan fingerprint density at radius 1 is 1.33 bits per heavy atom. The molecule has 3 aromatic rings. The van der Waals surface area contributed by atoms with E-state index >= 15 is 0 Å². The van der Waals surface area contributed by atoms with Crippen LogP contribution in [0.15, 0.2) is 36.5 Å². The number of carboxylic acid groups (broad SMARTS) is 1. The molecular formula is C15H11ClN4O3S. The lowest BCUT2D eigenvalue weighted by atomic mass is 10.2. The Labute approximate surface area is 145 Å². The minimum absolute atomic E-state index is 0.191. The Balaban J connectivity index is 2.02. The van der Waals surface area contributed by atoms with Crippen molar-refractivity contribution in [3.8, 4) is 22.2 Å². The van der Waals surface area contributed by atoms with Crippen molar-refractivity contribution in [3.63, 3.8) is 0 Å². The van der Waals surface area contributed by atoms with E-state index in [2.05, 4.69) is 20.3 Å². The highest BCUT2D eigenvalue weighted by Gasteiger charge is 2.18. The molecule has 2 N–H and O–H groups in total. The number of rotatable bonds is 4. The van der Waals surface area contributed by atoms with E-state index in [9.17, 15) is 4.79 Å². The number of anilines is 1. The van der Waals surface area contributed by atoms with Crippen molar-refractivity contribution >= 4 is 34.2 Å². The van der Waals surface area contributed by atoms with Crippen molar-refractivity contribution in [2.24, 2.45) is 0 Å². The quantitative estimate of drug-likeness (QED) is 0.666. The first kappa shape index (κ1) is 16.2. The summed E-state index contributed by atoms with van der Waals surface area (Å²) in [6.07, 6.45) is 0.311. The van der Waals surface area contributed by atoms with Gasteiger partial charge in [0.1, 0.15) is 16.6 Å². The van der Waals surface area contributed by atoms with E-state index in [0.29, 0.717) is 22.2 Å². The average molecular weight is 363 g/mol. The zero-order chi connectivity index (χ0) is 17.1. The average Bonchev–Trinajstić information content (AvgIpc) is 2.89. The Morgan fingerprint density at radius 2 is 2.17 bits per heavy atom. The van der Waals surface area contributed by atoms with Crippen molar-refractivity contribution in [1.82, 2.24) is 15.0 Å². The van der Waals surface area contributed by atoms with Crippen LogP contribution < -0.4 is 10.1 Å². The van der Waals surface area contributed by atoms with Crippen LogP contribution in [0, 0.1) is 6.92 Å². The highest BCUT2D eigenvalue weighted by atomic mass is 35.5. The van der Waals surface area contributed by atoms with Crippen molar-refractivity contribution < 1.29 is 14.6 Å². The second-order valence-electron chi connectivity index (χ2n) is 4.67. The number of amides is 1. The van der Waals surface area contributed by atoms with Gasteiger partial charge in [-0.25, -0.2) is 14.8 Å². The first-order valence-electron chi connectivity index (χ1n) is 6.75. The molecule has 0 aliphatic heterocycles. The van der Waals surface area contributed by atoms with Gasteiger partial charge in [0.2, 0.25) is 5.06 Å². The summed E-state index contributed by atoms with van der Waals surface area (Å²) >= 11 is 6.92. The number of halogens is 1. The number of aryl methyl sites for hydroxylation is 1. The van der Waals surface area contributed by atoms with E-state index in [0.717, 1.165) is 17.0 Å². The second kappa shape index (κ2) is 6.81. The van der Waals surface area contributed by atoms with E-state index in [-0.39, 0.29) is 10.3 Å². The molecule has 0 atom stereocenters. The molecule has 0 radical (unpaired) electrons. The van der Waals surface area contributed by atoms with Crippen LogP contribution in [0.1, 0.15) is 5.69 Å². The van der Waals surface area contributed by atoms with Crippen LogP contribution in [-0.4, -0.2) is 26.2 Å². The van der Waals surface area contributed by atoms with Crippen LogP contribution in [0.4, 0.5) is 9.93 Å². The summed E-state index contributed by atoms with van der Waals surface area (Å²) < 4.78 is 5.81. The molecule has 0 bridgehead atoms. The molecule has 122 valence electrons. The molecule has 0 unspecified atom stereocenters. The van der Waals surface area contributed by atoms with Gasteiger partial charge in [0, 0.05) is 18.0 Å². The molecule has 0 spiro atoms. The largest absolute Gasteiger partial charge is 0.465 e. The molecule has 0 aromatic carbocycles. The van der Waals surface area contributed by atoms with Gasteiger partial charge in [-0.2, -0.15) is 0 Å². The number of hydrogen-bond acceptors (Lipinski definition) is 6. The van der Waals surface area contributed by atoms with E-state index in [4.69, 9.17) is 21.4 Å². The fourth-order valence-electron chi connectivity index (χ4n) is 1.91. The van der Waals surface area contributed by atoms with Gasteiger partial charge in [-0.3, -0.25) is 10.3 Å². The zero-order valence-corrected chi connectivity index (χ0v) is 13.9. The summed E-state index contributed by atoms with van der Waals surface area (Å²) in [7, 11) is 0. The van der Waals surface area contributed by atoms with Crippen molar-refractivity contribution in [1.29, 1.82) is 0 Å². The lowest BCUT2D eigenvalue weighted by Crippen LogP contribution is -2.06. The van der Waals surface area contributed by atoms with Crippen LogP contribution in [0.3, 0.4) is 0 Å². The maximum atomic E-state index is 10.9. The topological polar surface area (TPSA) is 97.2 Å². The molecule has 9 heteroatoms. The lowest BCUT2D eigenvalue weighted by Gasteiger charge is -2.05. The Kier molecular flexibility index (Phi) is 4.59. The lowest BCUT2D eigenvalue weighted by molar-refractivity contribution is 0.209. The zero-order valence-electron chi connectivity index (χ0n) is 12.4. The molecule has 0 saturated carbocycles. The van der Waals surface area contributed by atoms with Crippen LogP contribution in [0.2, 0.25) is 5.15 Å². The Bertz CT molecular complexity index is 900. The van der Waals surface area contributed by atoms with Gasteiger partial charge in [0.15, 0.2) is 5.13 Å². The molecule has 7 nitrogen and oxygen atoms in total. The number of nitrogens with one attached hydrogen (secondary N) is 1. The summed E-state index contributed by atoms with van der Waals surface area (Å²) in [6.45, 7) is 1.86. The fraction of sp³-hybridized carbons (Fsp3) is 0.0667.